The lowest BCUT2D eigenvalue weighted by Gasteiger charge is -2.34. The average molecular weight is 440 g/mol. The number of phenolic OH excluding ortho intramolecular Hbond substituents is 1. The van der Waals surface area contributed by atoms with Gasteiger partial charge < -0.3 is 15.2 Å². The number of hydrogen-bond acceptors (Lipinski definition) is 6. The number of allylic oxidation sites excluding steroid dienone is 2. The van der Waals surface area contributed by atoms with Crippen molar-refractivity contribution in [2.75, 3.05) is 6.61 Å². The highest BCUT2D eigenvalue weighted by Gasteiger charge is 2.39. The molecule has 0 bridgehead atoms. The van der Waals surface area contributed by atoms with Crippen molar-refractivity contribution in [3.05, 3.63) is 74.7 Å². The number of Topliss-reactive ketones (excluding diaryl/α,β-unsaturated/α-hetero) is 1. The van der Waals surface area contributed by atoms with Gasteiger partial charge in [0.1, 0.15) is 5.82 Å². The van der Waals surface area contributed by atoms with Crippen LogP contribution in [0.1, 0.15) is 49.1 Å². The summed E-state index contributed by atoms with van der Waals surface area (Å²) in [6.45, 7) is 1.85. The molecule has 1 heterocycles. The number of halogens is 1. The minimum Gasteiger partial charge on any atom is -0.500 e. The summed E-state index contributed by atoms with van der Waals surface area (Å²) in [6, 6.07) is 8.54. The molecule has 2 atom stereocenters. The molecule has 2 N–H and O–H groups in total. The molecule has 166 valence electrons. The summed E-state index contributed by atoms with van der Waals surface area (Å²) in [6.07, 6.45) is 0.502. The second kappa shape index (κ2) is 8.41. The van der Waals surface area contributed by atoms with E-state index in [2.05, 4.69) is 5.32 Å². The average Bonchev–Trinajstić information content (AvgIpc) is 2.74. The van der Waals surface area contributed by atoms with Crippen molar-refractivity contribution < 1.29 is 28.7 Å². The topological polar surface area (TPSA) is 119 Å². The number of phenols is 1. The Hall–Kier alpha value is -3.75. The lowest BCUT2D eigenvalue weighted by atomic mass is 9.73. The predicted octanol–water partition coefficient (Wildman–Crippen LogP) is 3.84. The lowest BCUT2D eigenvalue weighted by molar-refractivity contribution is -0.386. The molecule has 1 aliphatic heterocycles. The maximum atomic E-state index is 13.3. The van der Waals surface area contributed by atoms with Crippen molar-refractivity contribution >= 4 is 17.4 Å². The summed E-state index contributed by atoms with van der Waals surface area (Å²) in [5.74, 6) is -2.44. The number of ether oxygens (including phenoxy) is 1. The Morgan fingerprint density at radius 3 is 2.53 bits per heavy atom. The minimum absolute atomic E-state index is 0.0563. The van der Waals surface area contributed by atoms with Gasteiger partial charge in [0.15, 0.2) is 11.5 Å². The highest BCUT2D eigenvalue weighted by molar-refractivity contribution is 6.02. The van der Waals surface area contributed by atoms with Gasteiger partial charge in [0.25, 0.3) is 0 Å². The Bertz CT molecular complexity index is 1140. The number of amides is 1. The van der Waals surface area contributed by atoms with Gasteiger partial charge in [-0.1, -0.05) is 12.1 Å². The molecule has 0 unspecified atom stereocenters. The lowest BCUT2D eigenvalue weighted by Crippen LogP contribution is -2.38. The molecule has 0 radical (unpaired) electrons. The van der Waals surface area contributed by atoms with E-state index in [1.807, 2.05) is 0 Å². The van der Waals surface area contributed by atoms with Gasteiger partial charge in [-0.05, 0) is 48.6 Å². The summed E-state index contributed by atoms with van der Waals surface area (Å²) in [5.41, 5.74) is 1.48. The van der Waals surface area contributed by atoms with E-state index in [9.17, 15) is 29.2 Å². The van der Waals surface area contributed by atoms with Crippen molar-refractivity contribution in [3.8, 4) is 11.5 Å². The molecule has 4 rings (SSSR count). The van der Waals surface area contributed by atoms with Gasteiger partial charge in [0.2, 0.25) is 11.7 Å². The monoisotopic (exact) mass is 440 g/mol. The number of aromatic hydroxyl groups is 1. The third-order valence-electron chi connectivity index (χ3n) is 5.85. The highest BCUT2D eigenvalue weighted by Crippen LogP contribution is 2.46. The van der Waals surface area contributed by atoms with Crippen molar-refractivity contribution in [3.63, 3.8) is 0 Å². The summed E-state index contributed by atoms with van der Waals surface area (Å²) in [5, 5.41) is 24.4. The Balaban J connectivity index is 1.77. The van der Waals surface area contributed by atoms with Crippen molar-refractivity contribution in [2.45, 2.75) is 38.0 Å². The molecule has 2 aromatic carbocycles. The number of carbonyl (C=O) groups excluding carboxylic acids is 2. The normalized spacial score (nSPS) is 20.6. The summed E-state index contributed by atoms with van der Waals surface area (Å²) in [4.78, 5) is 36.4. The molecule has 0 spiro atoms. The minimum atomic E-state index is -0.729. The van der Waals surface area contributed by atoms with E-state index in [1.165, 1.54) is 24.3 Å². The largest absolute Gasteiger partial charge is 0.500 e. The second-order valence-electron chi connectivity index (χ2n) is 7.85. The van der Waals surface area contributed by atoms with Crippen LogP contribution in [-0.2, 0) is 9.59 Å². The van der Waals surface area contributed by atoms with E-state index in [1.54, 1.807) is 19.1 Å². The van der Waals surface area contributed by atoms with Crippen LogP contribution >= 0.6 is 0 Å². The highest BCUT2D eigenvalue weighted by atomic mass is 19.1. The van der Waals surface area contributed by atoms with E-state index in [-0.39, 0.29) is 48.6 Å². The molecule has 0 fully saturated rings. The van der Waals surface area contributed by atoms with E-state index in [0.717, 1.165) is 5.56 Å². The molecule has 2 aliphatic rings. The SMILES string of the molecule is CCOc1cc([C@@H]2CC(=O)NC3=C2C(=O)C[C@H](c2ccc(F)cc2)C3)cc([N+](=O)[O-])c1O. The molecular formula is C23H21FN2O6. The third kappa shape index (κ3) is 3.93. The quantitative estimate of drug-likeness (QED) is 0.539. The van der Waals surface area contributed by atoms with E-state index in [0.29, 0.717) is 23.3 Å². The van der Waals surface area contributed by atoms with Crippen LogP contribution in [0, 0.1) is 15.9 Å². The van der Waals surface area contributed by atoms with E-state index in [4.69, 9.17) is 4.74 Å². The zero-order valence-corrected chi connectivity index (χ0v) is 17.3. The van der Waals surface area contributed by atoms with Crippen LogP contribution in [0.5, 0.6) is 11.5 Å². The Labute approximate surface area is 182 Å². The Kier molecular flexibility index (Phi) is 5.65. The number of nitro benzene ring substituents is 1. The first kappa shape index (κ1) is 21.5. The Morgan fingerprint density at radius 1 is 1.16 bits per heavy atom. The third-order valence-corrected chi connectivity index (χ3v) is 5.85. The fourth-order valence-corrected chi connectivity index (χ4v) is 4.44. The van der Waals surface area contributed by atoms with Gasteiger partial charge >= 0.3 is 5.69 Å². The van der Waals surface area contributed by atoms with Crippen LogP contribution in [0.2, 0.25) is 0 Å². The molecule has 2 aromatic rings. The smallest absolute Gasteiger partial charge is 0.314 e. The van der Waals surface area contributed by atoms with Crippen LogP contribution in [0.25, 0.3) is 0 Å². The van der Waals surface area contributed by atoms with Gasteiger partial charge in [-0.25, -0.2) is 4.39 Å². The van der Waals surface area contributed by atoms with Crippen LogP contribution in [0.15, 0.2) is 47.7 Å². The summed E-state index contributed by atoms with van der Waals surface area (Å²) < 4.78 is 18.6. The number of benzene rings is 2. The van der Waals surface area contributed by atoms with Gasteiger partial charge in [-0.15, -0.1) is 0 Å². The number of nitrogens with zero attached hydrogens (tertiary/aromatic N) is 1. The fourth-order valence-electron chi connectivity index (χ4n) is 4.44. The van der Waals surface area contributed by atoms with Crippen molar-refractivity contribution in [1.29, 1.82) is 0 Å². The maximum Gasteiger partial charge on any atom is 0.314 e. The van der Waals surface area contributed by atoms with Crippen molar-refractivity contribution in [2.24, 2.45) is 0 Å². The summed E-state index contributed by atoms with van der Waals surface area (Å²) in [7, 11) is 0. The van der Waals surface area contributed by atoms with Crippen LogP contribution in [-0.4, -0.2) is 28.3 Å². The van der Waals surface area contributed by atoms with Crippen molar-refractivity contribution in [1.82, 2.24) is 5.32 Å². The fraction of sp³-hybridized carbons (Fsp3) is 0.304. The zero-order valence-electron chi connectivity index (χ0n) is 17.3. The molecule has 8 nitrogen and oxygen atoms in total. The number of nitro groups is 1. The first-order chi connectivity index (χ1) is 15.3. The molecular weight excluding hydrogens is 419 g/mol. The van der Waals surface area contributed by atoms with Crippen LogP contribution in [0.3, 0.4) is 0 Å². The molecule has 1 aliphatic carbocycles. The maximum absolute atomic E-state index is 13.3. The van der Waals surface area contributed by atoms with Gasteiger partial charge in [-0.3, -0.25) is 19.7 Å². The molecule has 0 saturated heterocycles. The number of hydrogen-bond donors (Lipinski definition) is 2. The molecule has 9 heteroatoms. The first-order valence-electron chi connectivity index (χ1n) is 10.2. The van der Waals surface area contributed by atoms with Crippen LogP contribution in [0.4, 0.5) is 10.1 Å². The second-order valence-corrected chi connectivity index (χ2v) is 7.85. The van der Waals surface area contributed by atoms with E-state index >= 15 is 0 Å². The van der Waals surface area contributed by atoms with Gasteiger partial charge in [-0.2, -0.15) is 0 Å². The van der Waals surface area contributed by atoms with Crippen LogP contribution < -0.4 is 10.1 Å². The zero-order chi connectivity index (χ0) is 23.0. The van der Waals surface area contributed by atoms with E-state index < -0.39 is 22.3 Å². The van der Waals surface area contributed by atoms with Gasteiger partial charge in [0.05, 0.1) is 11.5 Å². The molecule has 0 saturated carbocycles. The number of nitrogens with one attached hydrogen (secondary N) is 1. The number of ketones is 1. The summed E-state index contributed by atoms with van der Waals surface area (Å²) >= 11 is 0. The predicted molar refractivity (Wildman–Crippen MR) is 112 cm³/mol. The first-order valence-corrected chi connectivity index (χ1v) is 10.2. The van der Waals surface area contributed by atoms with Gasteiger partial charge in [0, 0.05) is 36.1 Å². The number of carbonyl (C=O) groups is 2. The molecule has 32 heavy (non-hydrogen) atoms. The Morgan fingerprint density at radius 2 is 1.88 bits per heavy atom. The molecule has 0 aromatic heterocycles. The number of rotatable bonds is 5. The molecule has 1 amide bonds. The standard InChI is InChI=1S/C23H21FN2O6/c1-2-32-20-10-14(8-18(23(20)29)26(30)31)16-11-21(28)25-17-7-13(9-19(27)22(16)17)12-3-5-15(24)6-4-12/h3-6,8,10,13,16,29H,2,7,9,11H2,1H3,(H,25,28)/t13-,16+/m1/s1.